The first-order chi connectivity index (χ1) is 13.6. The summed E-state index contributed by atoms with van der Waals surface area (Å²) in [7, 11) is -3.58. The second-order valence-corrected chi connectivity index (χ2v) is 9.44. The Balaban J connectivity index is 1.64. The minimum absolute atomic E-state index is 0.148. The van der Waals surface area contributed by atoms with E-state index in [1.165, 1.54) is 39.5 Å². The third-order valence-electron chi connectivity index (χ3n) is 4.74. The van der Waals surface area contributed by atoms with Gasteiger partial charge in [0.05, 0.1) is 4.90 Å². The molecule has 0 radical (unpaired) electrons. The molecular weight excluding hydrogens is 398 g/mol. The summed E-state index contributed by atoms with van der Waals surface area (Å²) in [6, 6.07) is 5.99. The highest BCUT2D eigenvalue weighted by Crippen LogP contribution is 2.27. The lowest BCUT2D eigenvalue weighted by Gasteiger charge is -2.34. The van der Waals surface area contributed by atoms with Crippen molar-refractivity contribution in [3.63, 3.8) is 0 Å². The minimum atomic E-state index is -3.58. The summed E-state index contributed by atoms with van der Waals surface area (Å²) in [6.07, 6.45) is 3.38. The Morgan fingerprint density at radius 2 is 1.86 bits per heavy atom. The van der Waals surface area contributed by atoms with Gasteiger partial charge in [-0.3, -0.25) is 4.79 Å². The molecule has 2 aromatic rings. The molecular formula is C18H23N5O5S. The zero-order valence-electron chi connectivity index (χ0n) is 16.2. The predicted octanol–water partition coefficient (Wildman–Crippen LogP) is 2.10. The number of carbonyl (C=O) groups is 1. The van der Waals surface area contributed by atoms with Crippen LogP contribution in [0.3, 0.4) is 0 Å². The van der Waals surface area contributed by atoms with E-state index in [2.05, 4.69) is 10.3 Å². The number of carbonyl (C=O) groups excluding carboxylic acids is 1. The molecule has 1 fully saturated rings. The van der Waals surface area contributed by atoms with Crippen molar-refractivity contribution in [2.45, 2.75) is 31.7 Å². The van der Waals surface area contributed by atoms with Gasteiger partial charge in [-0.15, -0.1) is 0 Å². The smallest absolute Gasteiger partial charge is 0.358 e. The Morgan fingerprint density at radius 3 is 2.41 bits per heavy atom. The molecule has 1 aliphatic rings. The molecule has 0 unspecified atom stereocenters. The van der Waals surface area contributed by atoms with E-state index in [0.717, 1.165) is 12.6 Å². The fourth-order valence-corrected chi connectivity index (χ4v) is 5.24. The van der Waals surface area contributed by atoms with Crippen molar-refractivity contribution >= 4 is 27.4 Å². The first-order valence-corrected chi connectivity index (χ1v) is 10.7. The zero-order valence-corrected chi connectivity index (χ0v) is 17.0. The normalized spacial score (nSPS) is 20.3. The van der Waals surface area contributed by atoms with Crippen molar-refractivity contribution in [2.24, 2.45) is 11.8 Å². The maximum Gasteiger partial charge on any atom is 0.381 e. The van der Waals surface area contributed by atoms with E-state index in [1.54, 1.807) is 0 Å². The van der Waals surface area contributed by atoms with E-state index in [1.807, 2.05) is 13.8 Å². The summed E-state index contributed by atoms with van der Waals surface area (Å²) in [5.41, 5.74) is 0.434. The quantitative estimate of drug-likeness (QED) is 0.562. The number of nitrogens with one attached hydrogen (secondary N) is 1. The average Bonchev–Trinajstić information content (AvgIpc) is 3.10. The number of benzene rings is 1. The van der Waals surface area contributed by atoms with Crippen molar-refractivity contribution in [1.29, 1.82) is 0 Å². The van der Waals surface area contributed by atoms with Gasteiger partial charge in [0.25, 0.3) is 0 Å². The molecule has 29 heavy (non-hydrogen) atoms. The molecule has 10 nitrogen and oxygen atoms in total. The summed E-state index contributed by atoms with van der Waals surface area (Å²) in [6.45, 7) is 4.95. The number of hydrogen-bond acceptors (Lipinski definition) is 6. The van der Waals surface area contributed by atoms with Crippen LogP contribution in [0.25, 0.3) is 0 Å². The van der Waals surface area contributed by atoms with E-state index < -0.39 is 20.9 Å². The first kappa shape index (κ1) is 20.9. The van der Waals surface area contributed by atoms with Gasteiger partial charge in [0.1, 0.15) is 12.7 Å². The van der Waals surface area contributed by atoms with Gasteiger partial charge < -0.3 is 20.0 Å². The van der Waals surface area contributed by atoms with Crippen LogP contribution in [0.4, 0.5) is 11.5 Å². The lowest BCUT2D eigenvalue weighted by Crippen LogP contribution is -2.42. The van der Waals surface area contributed by atoms with Crippen molar-refractivity contribution in [3.8, 4) is 0 Å². The number of nitro groups is 1. The van der Waals surface area contributed by atoms with Gasteiger partial charge in [-0.25, -0.2) is 8.42 Å². The highest BCUT2D eigenvalue weighted by atomic mass is 32.2. The van der Waals surface area contributed by atoms with Crippen molar-refractivity contribution in [2.75, 3.05) is 18.4 Å². The van der Waals surface area contributed by atoms with E-state index >= 15 is 0 Å². The Morgan fingerprint density at radius 1 is 1.24 bits per heavy atom. The number of hydrogen-bond donors (Lipinski definition) is 1. The van der Waals surface area contributed by atoms with Gasteiger partial charge in [-0.2, -0.15) is 4.31 Å². The van der Waals surface area contributed by atoms with Crippen LogP contribution in [-0.4, -0.2) is 46.2 Å². The first-order valence-electron chi connectivity index (χ1n) is 9.21. The number of nitrogens with zero attached hydrogens (tertiary/aromatic N) is 4. The number of imidazole rings is 1. The molecule has 1 aliphatic heterocycles. The molecule has 2 atom stereocenters. The molecule has 3 rings (SSSR count). The summed E-state index contributed by atoms with van der Waals surface area (Å²) in [5.74, 6) is -0.127. The standard InChI is InChI=1S/C18H23N5O5S/c1-13-7-14(2)9-22(8-13)29(27,28)16-5-3-15(4-6-16)20-18(24)11-21-10-17(19-12-21)23(25)26/h3-6,10,12-14H,7-9,11H2,1-2H3,(H,20,24)/t13-,14-/m0/s1. The molecule has 0 bridgehead atoms. The van der Waals surface area contributed by atoms with Gasteiger partial charge >= 0.3 is 5.82 Å². The number of amides is 1. The summed E-state index contributed by atoms with van der Waals surface area (Å²) >= 11 is 0. The van der Waals surface area contributed by atoms with E-state index in [0.29, 0.717) is 30.6 Å². The fourth-order valence-electron chi connectivity index (χ4n) is 3.56. The van der Waals surface area contributed by atoms with Gasteiger partial charge in [-0.1, -0.05) is 13.8 Å². The SMILES string of the molecule is C[C@H]1C[C@H](C)CN(S(=O)(=O)c2ccc(NC(=O)Cn3cnc([N+](=O)[O-])c3)cc2)C1. The number of piperidine rings is 1. The van der Waals surface area contributed by atoms with Gasteiger partial charge in [0.15, 0.2) is 0 Å². The molecule has 0 aliphatic carbocycles. The molecule has 1 N–H and O–H groups in total. The van der Waals surface area contributed by atoms with Crippen LogP contribution >= 0.6 is 0 Å². The van der Waals surface area contributed by atoms with Crippen LogP contribution in [0, 0.1) is 22.0 Å². The molecule has 2 heterocycles. The van der Waals surface area contributed by atoms with Crippen molar-refractivity contribution in [1.82, 2.24) is 13.9 Å². The maximum atomic E-state index is 12.9. The summed E-state index contributed by atoms with van der Waals surface area (Å²) < 4.78 is 28.6. The van der Waals surface area contributed by atoms with Crippen LogP contribution in [0.2, 0.25) is 0 Å². The molecule has 11 heteroatoms. The second kappa shape index (κ2) is 8.29. The minimum Gasteiger partial charge on any atom is -0.358 e. The van der Waals surface area contributed by atoms with E-state index in [9.17, 15) is 23.3 Å². The summed E-state index contributed by atoms with van der Waals surface area (Å²) in [4.78, 5) is 25.9. The molecule has 1 amide bonds. The van der Waals surface area contributed by atoms with Crippen LogP contribution in [0.15, 0.2) is 41.7 Å². The topological polar surface area (TPSA) is 127 Å². The van der Waals surface area contributed by atoms with Crippen LogP contribution in [0.1, 0.15) is 20.3 Å². The van der Waals surface area contributed by atoms with Crippen LogP contribution in [0.5, 0.6) is 0 Å². The Labute approximate surface area is 168 Å². The van der Waals surface area contributed by atoms with Gasteiger partial charge in [-0.05, 0) is 52.4 Å². The monoisotopic (exact) mass is 421 g/mol. The molecule has 1 aromatic carbocycles. The molecule has 156 valence electrons. The number of rotatable bonds is 6. The Bertz CT molecular complexity index is 992. The molecule has 1 aromatic heterocycles. The van der Waals surface area contributed by atoms with Gasteiger partial charge in [0.2, 0.25) is 22.3 Å². The molecule has 0 saturated carbocycles. The number of aromatic nitrogens is 2. The van der Waals surface area contributed by atoms with Crippen LogP contribution in [-0.2, 0) is 21.4 Å². The lowest BCUT2D eigenvalue weighted by atomic mass is 9.94. The highest BCUT2D eigenvalue weighted by molar-refractivity contribution is 7.89. The number of anilines is 1. The average molecular weight is 421 g/mol. The molecule has 1 saturated heterocycles. The highest BCUT2D eigenvalue weighted by Gasteiger charge is 2.31. The number of sulfonamides is 1. The van der Waals surface area contributed by atoms with Gasteiger partial charge in [0, 0.05) is 18.8 Å². The molecule has 0 spiro atoms. The fraction of sp³-hybridized carbons (Fsp3) is 0.444. The van der Waals surface area contributed by atoms with E-state index in [4.69, 9.17) is 0 Å². The lowest BCUT2D eigenvalue weighted by molar-refractivity contribution is -0.389. The summed E-state index contributed by atoms with van der Waals surface area (Å²) in [5, 5.41) is 13.3. The Kier molecular flexibility index (Phi) is 5.99. The van der Waals surface area contributed by atoms with Crippen molar-refractivity contribution < 1.29 is 18.1 Å². The van der Waals surface area contributed by atoms with Crippen molar-refractivity contribution in [3.05, 3.63) is 46.9 Å². The van der Waals surface area contributed by atoms with Crippen LogP contribution < -0.4 is 5.32 Å². The predicted molar refractivity (Wildman–Crippen MR) is 106 cm³/mol. The largest absolute Gasteiger partial charge is 0.381 e. The third kappa shape index (κ3) is 4.98. The second-order valence-electron chi connectivity index (χ2n) is 7.50. The zero-order chi connectivity index (χ0) is 21.2. The third-order valence-corrected chi connectivity index (χ3v) is 6.59. The maximum absolute atomic E-state index is 12.9. The Hall–Kier alpha value is -2.79. The van der Waals surface area contributed by atoms with E-state index in [-0.39, 0.29) is 17.3 Å².